The zero-order valence-corrected chi connectivity index (χ0v) is 13.2. The minimum absolute atomic E-state index is 0.299. The first-order chi connectivity index (χ1) is 12.3. The van der Waals surface area contributed by atoms with E-state index < -0.39 is 0 Å². The minimum atomic E-state index is -0.299. The predicted molar refractivity (Wildman–Crippen MR) is 95.0 cm³/mol. The third kappa shape index (κ3) is 3.26. The number of para-hydroxylation sites is 2. The Morgan fingerprint density at radius 3 is 2.28 bits per heavy atom. The van der Waals surface area contributed by atoms with Crippen LogP contribution in [-0.2, 0) is 0 Å². The normalized spacial score (nSPS) is 11.2. The average Bonchev–Trinajstić information content (AvgIpc) is 3.00. The van der Waals surface area contributed by atoms with Gasteiger partial charge in [0.1, 0.15) is 11.5 Å². The molecule has 25 heavy (non-hydrogen) atoms. The molecule has 0 saturated heterocycles. The predicted octanol–water partition coefficient (Wildman–Crippen LogP) is 6.04. The van der Waals surface area contributed by atoms with Crippen LogP contribution in [0.2, 0.25) is 0 Å². The molecule has 4 aromatic rings. The molecule has 0 radical (unpaired) electrons. The number of halogens is 1. The molecule has 3 aromatic carbocycles. The first kappa shape index (κ1) is 15.1. The highest BCUT2D eigenvalue weighted by molar-refractivity contribution is 5.91. The number of fused-ring (bicyclic) bond motifs is 1. The van der Waals surface area contributed by atoms with Crippen LogP contribution in [0.1, 0.15) is 0 Å². The highest BCUT2D eigenvalue weighted by Crippen LogP contribution is 2.30. The molecule has 0 spiro atoms. The SMILES string of the molecule is Fc1ccc(N=Nc2cn(Oc3ccccc3)c3ccccc23)cc1. The molecule has 1 heterocycles. The lowest BCUT2D eigenvalue weighted by molar-refractivity contribution is 0.229. The standard InChI is InChI=1S/C20H14FN3O/c21-15-10-12-16(13-11-15)22-23-19-14-24(20-9-5-4-8-18(19)20)25-17-6-2-1-3-7-17/h1-14H. The summed E-state index contributed by atoms with van der Waals surface area (Å²) in [6.07, 6.45) is 1.78. The van der Waals surface area contributed by atoms with Gasteiger partial charge in [-0.15, -0.1) is 5.11 Å². The Balaban J connectivity index is 1.70. The van der Waals surface area contributed by atoms with Crippen molar-refractivity contribution in [1.29, 1.82) is 0 Å². The van der Waals surface area contributed by atoms with Crippen molar-refractivity contribution in [3.05, 3.63) is 90.9 Å². The molecule has 0 aliphatic rings. The molecular weight excluding hydrogens is 317 g/mol. The summed E-state index contributed by atoms with van der Waals surface area (Å²) in [5.41, 5.74) is 2.15. The van der Waals surface area contributed by atoms with Crippen LogP contribution >= 0.6 is 0 Å². The number of benzene rings is 3. The maximum absolute atomic E-state index is 13.0. The van der Waals surface area contributed by atoms with Gasteiger partial charge in [0.25, 0.3) is 0 Å². The molecule has 0 N–H and O–H groups in total. The molecular formula is C20H14FN3O. The fraction of sp³-hybridized carbons (Fsp3) is 0. The first-order valence-corrected chi connectivity index (χ1v) is 7.80. The van der Waals surface area contributed by atoms with Gasteiger partial charge in [0.2, 0.25) is 0 Å². The van der Waals surface area contributed by atoms with Gasteiger partial charge in [-0.05, 0) is 42.5 Å². The lowest BCUT2D eigenvalue weighted by Gasteiger charge is -2.06. The van der Waals surface area contributed by atoms with Crippen molar-refractivity contribution in [2.45, 2.75) is 0 Å². The van der Waals surface area contributed by atoms with Crippen molar-refractivity contribution >= 4 is 22.3 Å². The van der Waals surface area contributed by atoms with Crippen LogP contribution < -0.4 is 4.84 Å². The third-order valence-corrected chi connectivity index (χ3v) is 3.70. The number of nitrogens with zero attached hydrogens (tertiary/aromatic N) is 3. The van der Waals surface area contributed by atoms with Crippen LogP contribution in [0.25, 0.3) is 10.9 Å². The fourth-order valence-electron chi connectivity index (χ4n) is 2.50. The molecule has 0 aliphatic carbocycles. The summed E-state index contributed by atoms with van der Waals surface area (Å²) in [4.78, 5) is 5.91. The van der Waals surface area contributed by atoms with Crippen LogP contribution in [0.4, 0.5) is 15.8 Å². The highest BCUT2D eigenvalue weighted by Gasteiger charge is 2.09. The Bertz CT molecular complexity index is 1020. The average molecular weight is 331 g/mol. The van der Waals surface area contributed by atoms with Gasteiger partial charge in [0.05, 0.1) is 17.4 Å². The van der Waals surface area contributed by atoms with E-state index >= 15 is 0 Å². The largest absolute Gasteiger partial charge is 0.375 e. The van der Waals surface area contributed by atoms with E-state index in [0.29, 0.717) is 11.4 Å². The second-order valence-corrected chi connectivity index (χ2v) is 5.44. The van der Waals surface area contributed by atoms with Crippen molar-refractivity contribution in [2.75, 3.05) is 0 Å². The van der Waals surface area contributed by atoms with Crippen LogP contribution in [0, 0.1) is 5.82 Å². The molecule has 122 valence electrons. The molecule has 0 atom stereocenters. The topological polar surface area (TPSA) is 38.9 Å². The van der Waals surface area contributed by atoms with Gasteiger partial charge in [0, 0.05) is 5.39 Å². The summed E-state index contributed by atoms with van der Waals surface area (Å²) in [7, 11) is 0. The number of azo groups is 1. The van der Waals surface area contributed by atoms with E-state index in [9.17, 15) is 4.39 Å². The van der Waals surface area contributed by atoms with Gasteiger partial charge in [-0.3, -0.25) is 0 Å². The zero-order valence-electron chi connectivity index (χ0n) is 13.2. The molecule has 4 nitrogen and oxygen atoms in total. The highest BCUT2D eigenvalue weighted by atomic mass is 19.1. The van der Waals surface area contributed by atoms with Crippen LogP contribution in [-0.4, -0.2) is 4.73 Å². The Kier molecular flexibility index (Phi) is 3.96. The summed E-state index contributed by atoms with van der Waals surface area (Å²) < 4.78 is 14.6. The molecule has 1 aromatic heterocycles. The summed E-state index contributed by atoms with van der Waals surface area (Å²) in [6, 6.07) is 23.2. The minimum Gasteiger partial charge on any atom is -0.375 e. The molecule has 0 aliphatic heterocycles. The second-order valence-electron chi connectivity index (χ2n) is 5.44. The molecule has 0 amide bonds. The monoisotopic (exact) mass is 331 g/mol. The smallest absolute Gasteiger partial charge is 0.155 e. The fourth-order valence-corrected chi connectivity index (χ4v) is 2.50. The van der Waals surface area contributed by atoms with E-state index in [4.69, 9.17) is 4.84 Å². The molecule has 5 heteroatoms. The van der Waals surface area contributed by atoms with E-state index in [-0.39, 0.29) is 5.82 Å². The lowest BCUT2D eigenvalue weighted by Crippen LogP contribution is -2.02. The van der Waals surface area contributed by atoms with Crippen molar-refractivity contribution in [2.24, 2.45) is 10.2 Å². The maximum Gasteiger partial charge on any atom is 0.155 e. The Labute approximate surface area is 143 Å². The van der Waals surface area contributed by atoms with E-state index in [1.807, 2.05) is 54.6 Å². The Morgan fingerprint density at radius 1 is 0.760 bits per heavy atom. The molecule has 0 unspecified atom stereocenters. The number of hydrogen-bond acceptors (Lipinski definition) is 3. The number of hydrogen-bond donors (Lipinski definition) is 0. The van der Waals surface area contributed by atoms with Crippen LogP contribution in [0.5, 0.6) is 5.75 Å². The van der Waals surface area contributed by atoms with Gasteiger partial charge in [-0.25, -0.2) is 4.39 Å². The van der Waals surface area contributed by atoms with E-state index in [1.165, 1.54) is 12.1 Å². The lowest BCUT2D eigenvalue weighted by atomic mass is 10.2. The van der Waals surface area contributed by atoms with Gasteiger partial charge in [-0.1, -0.05) is 36.4 Å². The van der Waals surface area contributed by atoms with Crippen LogP contribution in [0.3, 0.4) is 0 Å². The number of aromatic nitrogens is 1. The van der Waals surface area contributed by atoms with Crippen LogP contribution in [0.15, 0.2) is 95.3 Å². The Hall–Kier alpha value is -3.47. The van der Waals surface area contributed by atoms with Crippen molar-refractivity contribution < 1.29 is 9.23 Å². The van der Waals surface area contributed by atoms with Crippen molar-refractivity contribution in [1.82, 2.24) is 4.73 Å². The van der Waals surface area contributed by atoms with Crippen molar-refractivity contribution in [3.8, 4) is 5.75 Å². The Morgan fingerprint density at radius 2 is 1.48 bits per heavy atom. The number of rotatable bonds is 4. The summed E-state index contributed by atoms with van der Waals surface area (Å²) >= 11 is 0. The summed E-state index contributed by atoms with van der Waals surface area (Å²) in [6.45, 7) is 0. The maximum atomic E-state index is 13.0. The second kappa shape index (κ2) is 6.57. The van der Waals surface area contributed by atoms with Crippen molar-refractivity contribution in [3.63, 3.8) is 0 Å². The van der Waals surface area contributed by atoms with Gasteiger partial charge < -0.3 is 4.84 Å². The van der Waals surface area contributed by atoms with E-state index in [2.05, 4.69) is 10.2 Å². The summed E-state index contributed by atoms with van der Waals surface area (Å²) in [5, 5.41) is 9.40. The molecule has 4 rings (SSSR count). The molecule has 0 bridgehead atoms. The van der Waals surface area contributed by atoms with Gasteiger partial charge in [-0.2, -0.15) is 9.84 Å². The third-order valence-electron chi connectivity index (χ3n) is 3.70. The van der Waals surface area contributed by atoms with E-state index in [0.717, 1.165) is 16.7 Å². The summed E-state index contributed by atoms with van der Waals surface area (Å²) in [5.74, 6) is 0.428. The molecule has 0 saturated carbocycles. The zero-order chi connectivity index (χ0) is 17.1. The van der Waals surface area contributed by atoms with Gasteiger partial charge >= 0.3 is 0 Å². The molecule has 0 fully saturated rings. The van der Waals surface area contributed by atoms with Gasteiger partial charge in [0.15, 0.2) is 5.75 Å². The quantitative estimate of drug-likeness (QED) is 0.420. The van der Waals surface area contributed by atoms with E-state index in [1.54, 1.807) is 23.1 Å². The first-order valence-electron chi connectivity index (χ1n) is 7.80.